The number of carbonyl (C=O) groups is 2. The second kappa shape index (κ2) is 7.41. The molecule has 1 spiro atoms. The molecular formula is C26H24N2O3S. The van der Waals surface area contributed by atoms with Gasteiger partial charge in [0, 0.05) is 11.3 Å². The molecule has 2 aliphatic rings. The van der Waals surface area contributed by atoms with Crippen LogP contribution in [-0.4, -0.2) is 23.7 Å². The molecule has 0 saturated carbocycles. The van der Waals surface area contributed by atoms with E-state index in [1.54, 1.807) is 12.0 Å². The van der Waals surface area contributed by atoms with Crippen molar-refractivity contribution in [1.29, 1.82) is 0 Å². The first-order valence-corrected chi connectivity index (χ1v) is 11.3. The maximum Gasteiger partial charge on any atom is 0.269 e. The number of benzene rings is 3. The van der Waals surface area contributed by atoms with Crippen LogP contribution < -0.4 is 14.5 Å². The average molecular weight is 445 g/mol. The summed E-state index contributed by atoms with van der Waals surface area (Å²) in [6, 6.07) is 25.1. The van der Waals surface area contributed by atoms with Crippen LogP contribution in [0.2, 0.25) is 0 Å². The van der Waals surface area contributed by atoms with E-state index >= 15 is 0 Å². The van der Waals surface area contributed by atoms with E-state index in [2.05, 4.69) is 0 Å². The highest BCUT2D eigenvalue weighted by Crippen LogP contribution is 2.61. The first-order chi connectivity index (χ1) is 15.4. The molecule has 0 bridgehead atoms. The topological polar surface area (TPSA) is 49.9 Å². The predicted molar refractivity (Wildman–Crippen MR) is 128 cm³/mol. The molecule has 0 radical (unpaired) electrons. The number of fused-ring (bicyclic) bond motifs is 2. The number of hydrogen-bond donors (Lipinski definition) is 0. The molecule has 6 heteroatoms. The molecule has 1 saturated heterocycles. The molecule has 162 valence electrons. The van der Waals surface area contributed by atoms with E-state index in [0.717, 1.165) is 16.8 Å². The number of amides is 2. The van der Waals surface area contributed by atoms with Gasteiger partial charge in [-0.2, -0.15) is 0 Å². The molecule has 2 amide bonds. The van der Waals surface area contributed by atoms with Crippen molar-refractivity contribution in [3.63, 3.8) is 0 Å². The third-order valence-corrected chi connectivity index (χ3v) is 7.60. The molecule has 2 aliphatic heterocycles. The maximum absolute atomic E-state index is 14.2. The summed E-state index contributed by atoms with van der Waals surface area (Å²) in [4.78, 5) is 30.2. The Balaban J connectivity index is 1.68. The van der Waals surface area contributed by atoms with Crippen molar-refractivity contribution in [1.82, 2.24) is 0 Å². The summed E-state index contributed by atoms with van der Waals surface area (Å²) in [5.74, 6) is 0.518. The van der Waals surface area contributed by atoms with E-state index in [-0.39, 0.29) is 11.8 Å². The van der Waals surface area contributed by atoms with E-state index in [0.29, 0.717) is 18.0 Å². The number of thioether (sulfide) groups is 1. The highest BCUT2D eigenvalue weighted by Gasteiger charge is 2.66. The molecule has 1 unspecified atom stereocenters. The molecule has 3 aromatic carbocycles. The fourth-order valence-electron chi connectivity index (χ4n) is 4.54. The van der Waals surface area contributed by atoms with Gasteiger partial charge in [0.15, 0.2) is 0 Å². The Hall–Kier alpha value is -3.25. The van der Waals surface area contributed by atoms with Gasteiger partial charge >= 0.3 is 0 Å². The first kappa shape index (κ1) is 20.6. The summed E-state index contributed by atoms with van der Waals surface area (Å²) in [5.41, 5.74) is 3.41. The van der Waals surface area contributed by atoms with Gasteiger partial charge in [0.1, 0.15) is 5.75 Å². The molecule has 1 fully saturated rings. The third kappa shape index (κ3) is 2.93. The lowest BCUT2D eigenvalue weighted by Gasteiger charge is -2.33. The molecular weight excluding hydrogens is 420 g/mol. The van der Waals surface area contributed by atoms with Gasteiger partial charge in [0.2, 0.25) is 10.8 Å². The van der Waals surface area contributed by atoms with Crippen LogP contribution in [0.25, 0.3) is 0 Å². The number of para-hydroxylation sites is 1. The van der Waals surface area contributed by atoms with Gasteiger partial charge in [0.25, 0.3) is 5.91 Å². The number of carbonyl (C=O) groups excluding carboxylic acids is 2. The zero-order chi connectivity index (χ0) is 22.5. The Kier molecular flexibility index (Phi) is 4.78. The van der Waals surface area contributed by atoms with Crippen molar-refractivity contribution in [2.75, 3.05) is 16.9 Å². The van der Waals surface area contributed by atoms with Crippen LogP contribution in [0.1, 0.15) is 25.0 Å². The molecule has 1 atom stereocenters. The van der Waals surface area contributed by atoms with Crippen molar-refractivity contribution < 1.29 is 14.3 Å². The smallest absolute Gasteiger partial charge is 0.269 e. The van der Waals surface area contributed by atoms with Crippen LogP contribution >= 0.6 is 11.8 Å². The minimum absolute atomic E-state index is 0.0858. The zero-order valence-electron chi connectivity index (χ0n) is 18.2. The van der Waals surface area contributed by atoms with Crippen LogP contribution in [0.4, 0.5) is 11.4 Å². The number of ether oxygens (including phenoxy) is 1. The number of anilines is 2. The van der Waals surface area contributed by atoms with Gasteiger partial charge in [-0.1, -0.05) is 48.5 Å². The monoisotopic (exact) mass is 444 g/mol. The Labute approximate surface area is 192 Å². The zero-order valence-corrected chi connectivity index (χ0v) is 19.1. The van der Waals surface area contributed by atoms with Crippen molar-refractivity contribution in [3.8, 4) is 5.75 Å². The Bertz CT molecular complexity index is 1190. The molecule has 0 aliphatic carbocycles. The highest BCUT2D eigenvalue weighted by atomic mass is 32.2. The summed E-state index contributed by atoms with van der Waals surface area (Å²) >= 11 is 1.42. The lowest BCUT2D eigenvalue weighted by Crippen LogP contribution is -2.50. The summed E-state index contributed by atoms with van der Waals surface area (Å²) < 4.78 is 4.54. The number of methoxy groups -OCH3 is 1. The van der Waals surface area contributed by atoms with E-state index < -0.39 is 9.62 Å². The number of nitrogens with zero attached hydrogens (tertiary/aromatic N) is 2. The normalized spacial score (nSPS) is 21.3. The van der Waals surface area contributed by atoms with Crippen molar-refractivity contribution in [2.24, 2.45) is 0 Å². The van der Waals surface area contributed by atoms with Crippen LogP contribution in [-0.2, 0) is 21.0 Å². The van der Waals surface area contributed by atoms with Gasteiger partial charge in [-0.15, -0.1) is 11.8 Å². The van der Waals surface area contributed by atoms with Crippen molar-refractivity contribution in [2.45, 2.75) is 30.0 Å². The molecule has 32 heavy (non-hydrogen) atoms. The SMILES string of the molecule is COc1ccc(N2C(=O)C(C)(C)SC23C(=O)N(Cc2ccccc2)c2ccccc23)cc1. The fourth-order valence-corrected chi connectivity index (χ4v) is 6.22. The molecule has 5 nitrogen and oxygen atoms in total. The molecule has 2 heterocycles. The average Bonchev–Trinajstić information content (AvgIpc) is 3.17. The first-order valence-electron chi connectivity index (χ1n) is 10.5. The lowest BCUT2D eigenvalue weighted by atomic mass is 10.0. The number of rotatable bonds is 4. The minimum Gasteiger partial charge on any atom is -0.497 e. The Morgan fingerprint density at radius 1 is 0.844 bits per heavy atom. The Morgan fingerprint density at radius 3 is 2.19 bits per heavy atom. The summed E-state index contributed by atoms with van der Waals surface area (Å²) in [5, 5.41) is 0. The second-order valence-corrected chi connectivity index (χ2v) is 10.3. The van der Waals surface area contributed by atoms with E-state index in [9.17, 15) is 9.59 Å². The fraction of sp³-hybridized carbons (Fsp3) is 0.231. The summed E-state index contributed by atoms with van der Waals surface area (Å²) in [6.07, 6.45) is 0. The number of hydrogen-bond acceptors (Lipinski definition) is 4. The standard InChI is InChI=1S/C26H24N2O3S/c1-25(2)23(29)28(19-13-15-20(31-3)16-14-19)26(32-25)21-11-7-8-12-22(21)27(24(26)30)17-18-9-5-4-6-10-18/h4-16H,17H2,1-3H3. The lowest BCUT2D eigenvalue weighted by molar-refractivity contribution is -0.125. The highest BCUT2D eigenvalue weighted by molar-refractivity contribution is 8.03. The van der Waals surface area contributed by atoms with E-state index in [1.807, 2.05) is 97.6 Å². The van der Waals surface area contributed by atoms with Crippen molar-refractivity contribution in [3.05, 3.63) is 90.0 Å². The minimum atomic E-state index is -1.15. The molecule has 0 N–H and O–H groups in total. The largest absolute Gasteiger partial charge is 0.497 e. The van der Waals surface area contributed by atoms with Gasteiger partial charge in [-0.3, -0.25) is 14.5 Å². The third-order valence-electron chi connectivity index (χ3n) is 6.04. The van der Waals surface area contributed by atoms with E-state index in [1.165, 1.54) is 11.8 Å². The van der Waals surface area contributed by atoms with Gasteiger partial charge in [-0.25, -0.2) is 0 Å². The van der Waals surface area contributed by atoms with Gasteiger partial charge < -0.3 is 9.64 Å². The molecule has 5 rings (SSSR count). The summed E-state index contributed by atoms with van der Waals surface area (Å²) in [7, 11) is 1.61. The van der Waals surface area contributed by atoms with Crippen LogP contribution in [0.5, 0.6) is 5.75 Å². The quantitative estimate of drug-likeness (QED) is 0.571. The van der Waals surface area contributed by atoms with Crippen molar-refractivity contribution >= 4 is 35.0 Å². The molecule has 3 aromatic rings. The second-order valence-electron chi connectivity index (χ2n) is 8.49. The van der Waals surface area contributed by atoms with Gasteiger partial charge in [-0.05, 0) is 49.7 Å². The predicted octanol–water partition coefficient (Wildman–Crippen LogP) is 4.95. The Morgan fingerprint density at radius 2 is 1.50 bits per heavy atom. The summed E-state index contributed by atoms with van der Waals surface area (Å²) in [6.45, 7) is 4.23. The molecule has 0 aromatic heterocycles. The van der Waals surface area contributed by atoms with Gasteiger partial charge in [0.05, 0.1) is 24.1 Å². The maximum atomic E-state index is 14.2. The van der Waals surface area contributed by atoms with Crippen LogP contribution in [0.3, 0.4) is 0 Å². The van der Waals surface area contributed by atoms with Crippen LogP contribution in [0.15, 0.2) is 78.9 Å². The van der Waals surface area contributed by atoms with E-state index in [4.69, 9.17) is 4.74 Å². The van der Waals surface area contributed by atoms with Crippen LogP contribution in [0, 0.1) is 0 Å².